The van der Waals surface area contributed by atoms with Gasteiger partial charge in [-0.3, -0.25) is 14.4 Å². The fourth-order valence-corrected chi connectivity index (χ4v) is 3.81. The highest BCUT2D eigenvalue weighted by Gasteiger charge is 2.34. The lowest BCUT2D eigenvalue weighted by atomic mass is 10.0. The number of oxazole rings is 1. The number of hydrogen-bond acceptors (Lipinski definition) is 6. The van der Waals surface area contributed by atoms with Crippen molar-refractivity contribution in [3.05, 3.63) is 41.2 Å². The Hall–Kier alpha value is -2.87. The van der Waals surface area contributed by atoms with E-state index in [2.05, 4.69) is 15.0 Å². The zero-order chi connectivity index (χ0) is 19.1. The van der Waals surface area contributed by atoms with E-state index in [0.717, 1.165) is 28.1 Å². The molecule has 27 heavy (non-hydrogen) atoms. The summed E-state index contributed by atoms with van der Waals surface area (Å²) in [5, 5.41) is 14.3. The normalized spacial score (nSPS) is 16.8. The lowest BCUT2D eigenvalue weighted by Gasteiger charge is -2.37. The maximum Gasteiger partial charge on any atom is 0.325 e. The van der Waals surface area contributed by atoms with Crippen molar-refractivity contribution in [2.45, 2.75) is 19.9 Å². The first-order valence-corrected chi connectivity index (χ1v) is 9.03. The van der Waals surface area contributed by atoms with E-state index in [1.807, 2.05) is 50.1 Å². The van der Waals surface area contributed by atoms with Crippen molar-refractivity contribution in [1.29, 1.82) is 0 Å². The van der Waals surface area contributed by atoms with Crippen molar-refractivity contribution in [2.75, 3.05) is 31.1 Å². The van der Waals surface area contributed by atoms with Crippen LogP contribution in [0, 0.1) is 13.8 Å². The molecule has 2 aromatic heterocycles. The highest BCUT2D eigenvalue weighted by Crippen LogP contribution is 2.29. The van der Waals surface area contributed by atoms with Crippen molar-refractivity contribution in [3.8, 4) is 0 Å². The van der Waals surface area contributed by atoms with Gasteiger partial charge in [0.1, 0.15) is 11.6 Å². The van der Waals surface area contributed by atoms with Crippen LogP contribution in [0.25, 0.3) is 11.1 Å². The Kier molecular flexibility index (Phi) is 4.35. The molecular weight excluding hydrogens is 346 g/mol. The molecule has 1 atom stereocenters. The van der Waals surface area contributed by atoms with Crippen LogP contribution in [0.3, 0.4) is 0 Å². The lowest BCUT2D eigenvalue weighted by molar-refractivity contribution is -0.143. The summed E-state index contributed by atoms with van der Waals surface area (Å²) in [5.74, 6) is -0.843. The van der Waals surface area contributed by atoms with Crippen LogP contribution < -0.4 is 4.90 Å². The number of carbonyl (C=O) groups is 1. The topological polar surface area (TPSA) is 87.6 Å². The number of piperazine rings is 1. The second kappa shape index (κ2) is 6.70. The van der Waals surface area contributed by atoms with Crippen molar-refractivity contribution in [2.24, 2.45) is 7.05 Å². The zero-order valence-corrected chi connectivity index (χ0v) is 15.7. The van der Waals surface area contributed by atoms with Crippen molar-refractivity contribution >= 4 is 23.1 Å². The first kappa shape index (κ1) is 17.5. The molecule has 1 aromatic carbocycles. The van der Waals surface area contributed by atoms with Gasteiger partial charge in [0.05, 0.1) is 5.69 Å². The predicted octanol–water partition coefficient (Wildman–Crippen LogP) is 2.13. The monoisotopic (exact) mass is 369 g/mol. The molecule has 1 N–H and O–H groups in total. The Morgan fingerprint density at radius 2 is 1.89 bits per heavy atom. The number of aromatic nitrogens is 3. The SMILES string of the molecule is Cc1nn(C)c(C)c1[C@H](C(=O)O)N1CCN(c2nc3ccccc3o2)CC1. The number of rotatable bonds is 4. The molecule has 1 saturated heterocycles. The summed E-state index contributed by atoms with van der Waals surface area (Å²) in [4.78, 5) is 20.7. The molecule has 8 heteroatoms. The largest absolute Gasteiger partial charge is 0.480 e. The van der Waals surface area contributed by atoms with Crippen LogP contribution >= 0.6 is 0 Å². The smallest absolute Gasteiger partial charge is 0.325 e. The molecule has 3 heterocycles. The zero-order valence-electron chi connectivity index (χ0n) is 15.7. The van der Waals surface area contributed by atoms with E-state index < -0.39 is 12.0 Å². The van der Waals surface area contributed by atoms with Crippen LogP contribution in [0.5, 0.6) is 0 Å². The fraction of sp³-hybridized carbons (Fsp3) is 0.421. The van der Waals surface area contributed by atoms with E-state index in [4.69, 9.17) is 4.42 Å². The molecule has 0 unspecified atom stereocenters. The minimum absolute atomic E-state index is 0.594. The average Bonchev–Trinajstić information content (AvgIpc) is 3.18. The number of carboxylic acids is 1. The third-order valence-electron chi connectivity index (χ3n) is 5.30. The summed E-state index contributed by atoms with van der Waals surface area (Å²) in [7, 11) is 1.84. The number of aliphatic carboxylic acids is 1. The molecule has 142 valence electrons. The van der Waals surface area contributed by atoms with E-state index in [9.17, 15) is 9.90 Å². The van der Waals surface area contributed by atoms with Crippen molar-refractivity contribution in [3.63, 3.8) is 0 Å². The molecule has 8 nitrogen and oxygen atoms in total. The molecule has 4 rings (SSSR count). The molecule has 0 bridgehead atoms. The van der Waals surface area contributed by atoms with Gasteiger partial charge in [-0.05, 0) is 26.0 Å². The van der Waals surface area contributed by atoms with E-state index in [-0.39, 0.29) is 0 Å². The molecule has 0 saturated carbocycles. The van der Waals surface area contributed by atoms with E-state index in [1.165, 1.54) is 0 Å². The quantitative estimate of drug-likeness (QED) is 0.754. The molecule has 3 aromatic rings. The number of hydrogen-bond donors (Lipinski definition) is 1. The second-order valence-corrected chi connectivity index (χ2v) is 6.94. The van der Waals surface area contributed by atoms with Gasteiger partial charge in [0, 0.05) is 44.5 Å². The van der Waals surface area contributed by atoms with Crippen LogP contribution in [0.2, 0.25) is 0 Å². The van der Waals surface area contributed by atoms with E-state index in [0.29, 0.717) is 32.2 Å². The third kappa shape index (κ3) is 3.06. The lowest BCUT2D eigenvalue weighted by Crippen LogP contribution is -2.49. The van der Waals surface area contributed by atoms with Gasteiger partial charge in [0.15, 0.2) is 5.58 Å². The van der Waals surface area contributed by atoms with E-state index in [1.54, 1.807) is 4.68 Å². The molecule has 1 aliphatic heterocycles. The molecule has 0 aliphatic carbocycles. The molecule has 0 radical (unpaired) electrons. The predicted molar refractivity (Wildman–Crippen MR) is 101 cm³/mol. The average molecular weight is 369 g/mol. The van der Waals surface area contributed by atoms with Gasteiger partial charge in [0.25, 0.3) is 6.01 Å². The first-order chi connectivity index (χ1) is 13.0. The van der Waals surface area contributed by atoms with E-state index >= 15 is 0 Å². The summed E-state index contributed by atoms with van der Waals surface area (Å²) < 4.78 is 7.59. The Morgan fingerprint density at radius 1 is 1.19 bits per heavy atom. The molecule has 1 fully saturated rings. The van der Waals surface area contributed by atoms with Gasteiger partial charge >= 0.3 is 5.97 Å². The molecule has 0 amide bonds. The highest BCUT2D eigenvalue weighted by molar-refractivity contribution is 5.76. The Morgan fingerprint density at radius 3 is 2.48 bits per heavy atom. The molecule has 1 aliphatic rings. The summed E-state index contributed by atoms with van der Waals surface area (Å²) in [6.07, 6.45) is 0. The third-order valence-corrected chi connectivity index (χ3v) is 5.30. The van der Waals surface area contributed by atoms with Crippen LogP contribution in [0.4, 0.5) is 6.01 Å². The number of fused-ring (bicyclic) bond motifs is 1. The van der Waals surface area contributed by atoms with Gasteiger partial charge in [-0.1, -0.05) is 12.1 Å². The summed E-state index contributed by atoms with van der Waals surface area (Å²) in [5.41, 5.74) is 4.05. The summed E-state index contributed by atoms with van der Waals surface area (Å²) in [6, 6.07) is 7.58. The standard InChI is InChI=1S/C19H23N5O3/c1-12-16(13(2)22(3)21-12)17(18(25)26)23-8-10-24(11-9-23)19-20-14-6-4-5-7-15(14)27-19/h4-7,17H,8-11H2,1-3H3,(H,25,26)/t17-/m1/s1. The number of carboxylic acid groups (broad SMARTS) is 1. The Balaban J connectivity index is 1.54. The maximum atomic E-state index is 12.1. The molecule has 0 spiro atoms. The Bertz CT molecular complexity index is 952. The fourth-order valence-electron chi connectivity index (χ4n) is 3.81. The number of nitrogens with zero attached hydrogens (tertiary/aromatic N) is 5. The highest BCUT2D eigenvalue weighted by atomic mass is 16.4. The van der Waals surface area contributed by atoms with Crippen LogP contribution in [0.1, 0.15) is 23.0 Å². The van der Waals surface area contributed by atoms with Crippen LogP contribution in [0.15, 0.2) is 28.7 Å². The summed E-state index contributed by atoms with van der Waals surface area (Å²) in [6.45, 7) is 6.34. The second-order valence-electron chi connectivity index (χ2n) is 6.94. The number of para-hydroxylation sites is 2. The minimum atomic E-state index is -0.843. The van der Waals surface area contributed by atoms with Gasteiger partial charge in [-0.15, -0.1) is 0 Å². The Labute approximate surface area is 157 Å². The van der Waals surface area contributed by atoms with Crippen LogP contribution in [-0.2, 0) is 11.8 Å². The van der Waals surface area contributed by atoms with Gasteiger partial charge in [-0.25, -0.2) is 0 Å². The number of aryl methyl sites for hydroxylation is 2. The number of benzene rings is 1. The van der Waals surface area contributed by atoms with Crippen LogP contribution in [-0.4, -0.2) is 56.9 Å². The molecular formula is C19H23N5O3. The van der Waals surface area contributed by atoms with Gasteiger partial charge in [-0.2, -0.15) is 10.1 Å². The minimum Gasteiger partial charge on any atom is -0.480 e. The maximum absolute atomic E-state index is 12.1. The summed E-state index contributed by atoms with van der Waals surface area (Å²) >= 11 is 0. The van der Waals surface area contributed by atoms with Gasteiger partial charge < -0.3 is 14.4 Å². The van der Waals surface area contributed by atoms with Crippen molar-refractivity contribution < 1.29 is 14.3 Å². The first-order valence-electron chi connectivity index (χ1n) is 9.03. The van der Waals surface area contributed by atoms with Gasteiger partial charge in [0.2, 0.25) is 0 Å². The van der Waals surface area contributed by atoms with Crippen molar-refractivity contribution in [1.82, 2.24) is 19.7 Å². The number of anilines is 1.